The summed E-state index contributed by atoms with van der Waals surface area (Å²) in [5, 5.41) is 0. The van der Waals surface area contributed by atoms with Crippen LogP contribution in [0.25, 0.3) is 0 Å². The molecule has 0 saturated heterocycles. The Labute approximate surface area is 231 Å². The number of rotatable bonds is 0. The zero-order valence-electron chi connectivity index (χ0n) is 25.1. The molecule has 0 heteroatoms. The lowest BCUT2D eigenvalue weighted by molar-refractivity contribution is -0.143. The predicted octanol–water partition coefficient (Wildman–Crippen LogP) is 11.9. The molecule has 0 aliphatic heterocycles. The topological polar surface area (TPSA) is 0 Å². The molecule has 0 heterocycles. The molecule has 0 nitrogen and oxygen atoms in total. The van der Waals surface area contributed by atoms with E-state index in [2.05, 4.69) is 6.92 Å². The van der Waals surface area contributed by atoms with Crippen LogP contribution in [-0.4, -0.2) is 0 Å². The van der Waals surface area contributed by atoms with Gasteiger partial charge in [0.15, 0.2) is 0 Å². The number of hydrogen-bond donors (Lipinski definition) is 0. The van der Waals surface area contributed by atoms with Crippen LogP contribution in [0.4, 0.5) is 0 Å². The molecular weight excluding hydrogens is 444 g/mol. The molecule has 7 aliphatic rings. The van der Waals surface area contributed by atoms with E-state index in [1.807, 2.05) is 0 Å². The van der Waals surface area contributed by atoms with Gasteiger partial charge in [0, 0.05) is 0 Å². The van der Waals surface area contributed by atoms with Crippen molar-refractivity contribution in [1.29, 1.82) is 0 Å². The predicted molar refractivity (Wildman–Crippen MR) is 158 cm³/mol. The highest BCUT2D eigenvalue weighted by molar-refractivity contribution is 5.11. The highest BCUT2D eigenvalue weighted by Crippen LogP contribution is 2.72. The summed E-state index contributed by atoms with van der Waals surface area (Å²) >= 11 is 0. The van der Waals surface area contributed by atoms with Gasteiger partial charge in [0.2, 0.25) is 0 Å². The molecule has 0 amide bonds. The van der Waals surface area contributed by atoms with E-state index >= 15 is 0 Å². The Balaban J connectivity index is 1.19. The summed E-state index contributed by atoms with van der Waals surface area (Å²) in [4.78, 5) is 0. The second-order valence-electron chi connectivity index (χ2n) is 17.9. The lowest BCUT2D eigenvalue weighted by atomic mass is 9.40. The van der Waals surface area contributed by atoms with Gasteiger partial charge in [0.1, 0.15) is 0 Å². The Kier molecular flexibility index (Phi) is 6.68. The maximum absolute atomic E-state index is 2.53. The molecule has 7 fully saturated rings. The van der Waals surface area contributed by atoms with Gasteiger partial charge in [-0.15, -0.1) is 0 Å². The third-order valence-corrected chi connectivity index (χ3v) is 15.1. The van der Waals surface area contributed by atoms with Gasteiger partial charge in [-0.3, -0.25) is 0 Å². The van der Waals surface area contributed by atoms with Crippen LogP contribution in [0.3, 0.4) is 0 Å². The van der Waals surface area contributed by atoms with Gasteiger partial charge in [0.05, 0.1) is 0 Å². The number of hydrogen-bond acceptors (Lipinski definition) is 0. The Morgan fingerprint density at radius 1 is 0.297 bits per heavy atom. The monoisotopic (exact) mass is 506 g/mol. The highest BCUT2D eigenvalue weighted by atomic mass is 14.7. The van der Waals surface area contributed by atoms with Crippen LogP contribution in [-0.2, 0) is 0 Å². The largest absolute Gasteiger partial charge is 0.0625 e. The van der Waals surface area contributed by atoms with Crippen LogP contribution in [0.2, 0.25) is 0 Å². The summed E-state index contributed by atoms with van der Waals surface area (Å²) in [6, 6.07) is 0. The Morgan fingerprint density at radius 3 is 1.14 bits per heavy atom. The van der Waals surface area contributed by atoms with Crippen LogP contribution >= 0.6 is 0 Å². The first kappa shape index (κ1) is 25.9. The fourth-order valence-electron chi connectivity index (χ4n) is 13.8. The van der Waals surface area contributed by atoms with Gasteiger partial charge in [-0.1, -0.05) is 71.1 Å². The minimum atomic E-state index is 0.729. The van der Waals surface area contributed by atoms with Gasteiger partial charge in [0.25, 0.3) is 0 Å². The van der Waals surface area contributed by atoms with Crippen LogP contribution in [0, 0.1) is 38.4 Å². The first-order chi connectivity index (χ1) is 17.9. The van der Waals surface area contributed by atoms with Crippen LogP contribution < -0.4 is 0 Å². The highest BCUT2D eigenvalue weighted by Gasteiger charge is 2.60. The quantitative estimate of drug-likeness (QED) is 0.306. The van der Waals surface area contributed by atoms with Gasteiger partial charge >= 0.3 is 0 Å². The summed E-state index contributed by atoms with van der Waals surface area (Å²) in [6.45, 7) is 2.53. The standard InChI is InChI=1S/C37H62/c1-31-10-20-32(21-11-31)22-24-35(25-23-32)28-36(18-8-16-33(26-36)12-4-2-5-13-33)30-37(29-35)19-9-17-34(27-37)14-6-3-7-15-34/h31H,2-30H2,1H3. The molecule has 6 spiro atoms. The zero-order valence-corrected chi connectivity index (χ0v) is 25.1. The maximum atomic E-state index is 2.53. The van der Waals surface area contributed by atoms with Crippen molar-refractivity contribution < 1.29 is 0 Å². The lowest BCUT2D eigenvalue weighted by Gasteiger charge is -2.65. The summed E-state index contributed by atoms with van der Waals surface area (Å²) in [7, 11) is 0. The van der Waals surface area contributed by atoms with Crippen molar-refractivity contribution in [2.45, 2.75) is 193 Å². The molecule has 0 bridgehead atoms. The molecule has 2 atom stereocenters. The molecule has 0 aromatic rings. The Bertz CT molecular complexity index is 731. The molecular formula is C37H62. The van der Waals surface area contributed by atoms with Crippen molar-refractivity contribution in [1.82, 2.24) is 0 Å². The molecule has 37 heavy (non-hydrogen) atoms. The van der Waals surface area contributed by atoms with E-state index in [9.17, 15) is 0 Å². The SMILES string of the molecule is CC1CCC2(CC1)CCC1(CC2)CC2(CCCC3(CCCCC3)C2)CC2(CCCC3(CCCCC3)C2)C1. The summed E-state index contributed by atoms with van der Waals surface area (Å²) in [5.41, 5.74) is 4.49. The smallest absolute Gasteiger partial charge is 0.0282 e. The van der Waals surface area contributed by atoms with Crippen LogP contribution in [0.1, 0.15) is 193 Å². The summed E-state index contributed by atoms with van der Waals surface area (Å²) < 4.78 is 0. The van der Waals surface area contributed by atoms with E-state index in [0.29, 0.717) is 0 Å². The fourth-order valence-corrected chi connectivity index (χ4v) is 13.8. The van der Waals surface area contributed by atoms with Gasteiger partial charge in [-0.25, -0.2) is 0 Å². The van der Waals surface area contributed by atoms with Gasteiger partial charge < -0.3 is 0 Å². The van der Waals surface area contributed by atoms with Crippen molar-refractivity contribution in [3.05, 3.63) is 0 Å². The van der Waals surface area contributed by atoms with Crippen molar-refractivity contribution in [2.24, 2.45) is 38.4 Å². The van der Waals surface area contributed by atoms with Crippen LogP contribution in [0.5, 0.6) is 0 Å². The Hall–Kier alpha value is 0. The first-order valence-electron chi connectivity index (χ1n) is 17.9. The Morgan fingerprint density at radius 2 is 0.649 bits per heavy atom. The van der Waals surface area contributed by atoms with Gasteiger partial charge in [-0.2, -0.15) is 0 Å². The van der Waals surface area contributed by atoms with Crippen LogP contribution in [0.15, 0.2) is 0 Å². The average Bonchev–Trinajstić information content (AvgIpc) is 2.88. The van der Waals surface area contributed by atoms with E-state index in [0.717, 1.165) is 38.4 Å². The minimum absolute atomic E-state index is 0.729. The minimum Gasteiger partial charge on any atom is -0.0625 e. The third kappa shape index (κ3) is 4.92. The average molecular weight is 507 g/mol. The molecule has 7 rings (SSSR count). The second kappa shape index (κ2) is 9.54. The molecule has 0 radical (unpaired) electrons. The fraction of sp³-hybridized carbons (Fsp3) is 1.00. The maximum Gasteiger partial charge on any atom is -0.0282 e. The summed E-state index contributed by atoms with van der Waals surface area (Å²) in [6.07, 6.45) is 46.3. The molecule has 0 aromatic carbocycles. The molecule has 7 aliphatic carbocycles. The van der Waals surface area contributed by atoms with E-state index in [4.69, 9.17) is 0 Å². The molecule has 0 N–H and O–H groups in total. The van der Waals surface area contributed by atoms with Crippen molar-refractivity contribution in [2.75, 3.05) is 0 Å². The molecule has 2 unspecified atom stereocenters. The third-order valence-electron chi connectivity index (χ3n) is 15.1. The van der Waals surface area contributed by atoms with Crippen molar-refractivity contribution >= 4 is 0 Å². The zero-order chi connectivity index (χ0) is 25.1. The van der Waals surface area contributed by atoms with E-state index in [1.54, 1.807) is 161 Å². The van der Waals surface area contributed by atoms with Crippen molar-refractivity contribution in [3.63, 3.8) is 0 Å². The van der Waals surface area contributed by atoms with E-state index in [-0.39, 0.29) is 0 Å². The molecule has 7 saturated carbocycles. The lowest BCUT2D eigenvalue weighted by Crippen LogP contribution is -2.54. The van der Waals surface area contributed by atoms with Crippen molar-refractivity contribution in [3.8, 4) is 0 Å². The first-order valence-corrected chi connectivity index (χ1v) is 17.9. The van der Waals surface area contributed by atoms with Gasteiger partial charge in [-0.05, 0) is 160 Å². The summed E-state index contributed by atoms with van der Waals surface area (Å²) in [5.74, 6) is 1.01. The molecule has 210 valence electrons. The van der Waals surface area contributed by atoms with E-state index < -0.39 is 0 Å². The normalized spacial score (nSPS) is 47.8. The van der Waals surface area contributed by atoms with E-state index in [1.165, 1.54) is 25.7 Å². The molecule has 0 aromatic heterocycles. The second-order valence-corrected chi connectivity index (χ2v) is 17.9.